The summed E-state index contributed by atoms with van der Waals surface area (Å²) in [6.07, 6.45) is 18.2. The van der Waals surface area contributed by atoms with Crippen molar-refractivity contribution in [2.45, 2.75) is 126 Å². The molecule has 30 heavy (non-hydrogen) atoms. The lowest BCUT2D eigenvalue weighted by molar-refractivity contribution is -0.216. The quantitative estimate of drug-likeness (QED) is 0.424. The molecule has 0 radical (unpaired) electrons. The van der Waals surface area contributed by atoms with E-state index in [4.69, 9.17) is 0 Å². The van der Waals surface area contributed by atoms with E-state index in [2.05, 4.69) is 48.5 Å². The van der Waals surface area contributed by atoms with E-state index in [0.717, 1.165) is 41.4 Å². The van der Waals surface area contributed by atoms with E-state index in [1.807, 2.05) is 0 Å². The monoisotopic (exact) mass is 412 g/mol. The summed E-state index contributed by atoms with van der Waals surface area (Å²) in [6, 6.07) is 0. The van der Waals surface area contributed by atoms with Crippen molar-refractivity contribution in [2.75, 3.05) is 0 Å². The minimum absolute atomic E-state index is 0.595. The molecule has 0 aromatic carbocycles. The van der Waals surface area contributed by atoms with Gasteiger partial charge in [0.25, 0.3) is 0 Å². The Morgan fingerprint density at radius 3 is 2.13 bits per heavy atom. The van der Waals surface area contributed by atoms with Crippen LogP contribution in [0.2, 0.25) is 0 Å². The minimum atomic E-state index is 0.595. The Hall–Kier alpha value is 0. The molecule has 5 aliphatic carbocycles. The molecule has 5 fully saturated rings. The largest absolute Gasteiger partial charge is 0.0651 e. The third kappa shape index (κ3) is 2.70. The van der Waals surface area contributed by atoms with Gasteiger partial charge in [0.05, 0.1) is 0 Å². The standard InChI is InChI=1S/C30H52/c1-8-20(2)21-13-17-28(5)24(21)15-19-30(7)26(28)12-11-25-22-10-9-16-27(3,4)23(22)14-18-29(25,30)6/h20-26H,8-19H2,1-7H3/t20-,21-,22?,23?,24-,25?,26?,28+,29-,30-/m1/s1. The molecule has 0 aliphatic heterocycles. The lowest BCUT2D eigenvalue weighted by atomic mass is 9.34. The van der Waals surface area contributed by atoms with Crippen LogP contribution in [0.3, 0.4) is 0 Å². The molecule has 0 amide bonds. The van der Waals surface area contributed by atoms with Crippen LogP contribution >= 0.6 is 0 Å². The van der Waals surface area contributed by atoms with Gasteiger partial charge in [-0.15, -0.1) is 0 Å². The summed E-state index contributed by atoms with van der Waals surface area (Å²) in [7, 11) is 0. The smallest absolute Gasteiger partial charge is 0.0235 e. The Bertz CT molecular complexity index is 661. The summed E-state index contributed by atoms with van der Waals surface area (Å²) in [4.78, 5) is 0. The first-order chi connectivity index (χ1) is 14.1. The van der Waals surface area contributed by atoms with Crippen molar-refractivity contribution in [2.24, 2.45) is 63.1 Å². The van der Waals surface area contributed by atoms with E-state index >= 15 is 0 Å². The first-order valence-electron chi connectivity index (χ1n) is 14.1. The molecule has 0 bridgehead atoms. The maximum atomic E-state index is 2.82. The molecular weight excluding hydrogens is 360 g/mol. The molecule has 5 aliphatic rings. The normalized spacial score (nSPS) is 55.7. The van der Waals surface area contributed by atoms with Gasteiger partial charge in [-0.3, -0.25) is 0 Å². The van der Waals surface area contributed by atoms with E-state index in [1.165, 1.54) is 44.9 Å². The van der Waals surface area contributed by atoms with Gasteiger partial charge < -0.3 is 0 Å². The van der Waals surface area contributed by atoms with Crippen LogP contribution in [0.1, 0.15) is 126 Å². The molecule has 0 nitrogen and oxygen atoms in total. The molecule has 0 spiro atoms. The van der Waals surface area contributed by atoms with E-state index in [-0.39, 0.29) is 0 Å². The molecule has 0 N–H and O–H groups in total. The van der Waals surface area contributed by atoms with Crippen molar-refractivity contribution < 1.29 is 0 Å². The van der Waals surface area contributed by atoms with Crippen molar-refractivity contribution in [1.82, 2.24) is 0 Å². The number of hydrogen-bond acceptors (Lipinski definition) is 0. The minimum Gasteiger partial charge on any atom is -0.0651 e. The lowest BCUT2D eigenvalue weighted by Crippen LogP contribution is -2.63. The Balaban J connectivity index is 1.47. The highest BCUT2D eigenvalue weighted by Gasteiger charge is 2.68. The van der Waals surface area contributed by atoms with Crippen LogP contribution in [-0.4, -0.2) is 0 Å². The predicted octanol–water partition coefficient (Wildman–Crippen LogP) is 9.13. The second-order valence-corrected chi connectivity index (χ2v) is 14.5. The van der Waals surface area contributed by atoms with Crippen LogP contribution < -0.4 is 0 Å². The molecular formula is C30H52. The third-order valence-corrected chi connectivity index (χ3v) is 13.6. The average Bonchev–Trinajstić information content (AvgIpc) is 3.04. The van der Waals surface area contributed by atoms with E-state index < -0.39 is 0 Å². The predicted molar refractivity (Wildman–Crippen MR) is 129 cm³/mol. The van der Waals surface area contributed by atoms with Crippen molar-refractivity contribution in [3.05, 3.63) is 0 Å². The maximum absolute atomic E-state index is 2.82. The highest BCUT2D eigenvalue weighted by Crippen LogP contribution is 2.75. The molecule has 5 rings (SSSR count). The topological polar surface area (TPSA) is 0 Å². The van der Waals surface area contributed by atoms with E-state index in [1.54, 1.807) is 32.1 Å². The second-order valence-electron chi connectivity index (χ2n) is 14.5. The van der Waals surface area contributed by atoms with Crippen LogP contribution in [0.15, 0.2) is 0 Å². The van der Waals surface area contributed by atoms with Crippen LogP contribution in [-0.2, 0) is 0 Å². The average molecular weight is 413 g/mol. The Kier molecular flexibility index (Phi) is 5.09. The molecule has 0 heterocycles. The zero-order chi connectivity index (χ0) is 21.5. The van der Waals surface area contributed by atoms with Crippen LogP contribution in [0.4, 0.5) is 0 Å². The molecule has 10 atom stereocenters. The number of rotatable bonds is 2. The first-order valence-corrected chi connectivity index (χ1v) is 14.1. The fraction of sp³-hybridized carbons (Fsp3) is 1.00. The zero-order valence-corrected chi connectivity index (χ0v) is 21.5. The summed E-state index contributed by atoms with van der Waals surface area (Å²) in [5, 5.41) is 0. The molecule has 0 saturated heterocycles. The summed E-state index contributed by atoms with van der Waals surface area (Å²) in [5.41, 5.74) is 2.43. The van der Waals surface area contributed by atoms with Gasteiger partial charge in [-0.05, 0) is 127 Å². The molecule has 5 saturated carbocycles. The lowest BCUT2D eigenvalue weighted by Gasteiger charge is -2.70. The van der Waals surface area contributed by atoms with Crippen LogP contribution in [0, 0.1) is 63.1 Å². The van der Waals surface area contributed by atoms with E-state index in [0.29, 0.717) is 21.7 Å². The fourth-order valence-corrected chi connectivity index (χ4v) is 11.5. The maximum Gasteiger partial charge on any atom is -0.0235 e. The van der Waals surface area contributed by atoms with Gasteiger partial charge in [0.15, 0.2) is 0 Å². The molecule has 0 heteroatoms. The van der Waals surface area contributed by atoms with Crippen molar-refractivity contribution in [1.29, 1.82) is 0 Å². The van der Waals surface area contributed by atoms with Gasteiger partial charge in [0.2, 0.25) is 0 Å². The Morgan fingerprint density at radius 2 is 1.40 bits per heavy atom. The molecule has 0 aromatic heterocycles. The Labute approximate surface area is 188 Å². The summed E-state index contributed by atoms with van der Waals surface area (Å²) < 4.78 is 0. The van der Waals surface area contributed by atoms with Crippen LogP contribution in [0.5, 0.6) is 0 Å². The summed E-state index contributed by atoms with van der Waals surface area (Å²) >= 11 is 0. The summed E-state index contributed by atoms with van der Waals surface area (Å²) in [6.45, 7) is 18.6. The van der Waals surface area contributed by atoms with Gasteiger partial charge in [-0.1, -0.05) is 61.3 Å². The van der Waals surface area contributed by atoms with Gasteiger partial charge in [0, 0.05) is 0 Å². The van der Waals surface area contributed by atoms with Gasteiger partial charge in [-0.2, -0.15) is 0 Å². The van der Waals surface area contributed by atoms with Gasteiger partial charge >= 0.3 is 0 Å². The van der Waals surface area contributed by atoms with E-state index in [9.17, 15) is 0 Å². The second kappa shape index (κ2) is 7.00. The fourth-order valence-electron chi connectivity index (χ4n) is 11.5. The van der Waals surface area contributed by atoms with Crippen molar-refractivity contribution in [3.8, 4) is 0 Å². The third-order valence-electron chi connectivity index (χ3n) is 13.6. The van der Waals surface area contributed by atoms with Crippen molar-refractivity contribution >= 4 is 0 Å². The summed E-state index contributed by atoms with van der Waals surface area (Å²) in [5.74, 6) is 7.04. The van der Waals surface area contributed by atoms with Gasteiger partial charge in [0.1, 0.15) is 0 Å². The number of hydrogen-bond donors (Lipinski definition) is 0. The molecule has 172 valence electrons. The van der Waals surface area contributed by atoms with Crippen LogP contribution in [0.25, 0.3) is 0 Å². The SMILES string of the molecule is CC[C@@H](C)[C@H]1CC[C@]2(C)C3CCC4C5CCCC(C)(C)C5CC[C@@]4(C)[C@]3(C)CC[C@H]12. The van der Waals surface area contributed by atoms with Crippen molar-refractivity contribution in [3.63, 3.8) is 0 Å². The first kappa shape index (κ1) is 21.8. The number of fused-ring (bicyclic) bond motifs is 7. The highest BCUT2D eigenvalue weighted by molar-refractivity contribution is 5.16. The molecule has 4 unspecified atom stereocenters. The zero-order valence-electron chi connectivity index (χ0n) is 21.5. The Morgan fingerprint density at radius 1 is 0.700 bits per heavy atom. The highest BCUT2D eigenvalue weighted by atomic mass is 14.7. The molecule has 0 aromatic rings. The van der Waals surface area contributed by atoms with Gasteiger partial charge in [-0.25, -0.2) is 0 Å².